The van der Waals surface area contributed by atoms with Crippen LogP contribution in [0.1, 0.15) is 25.0 Å². The molecule has 3 aromatic rings. The lowest BCUT2D eigenvalue weighted by Crippen LogP contribution is -2.38. The number of hydrogen-bond acceptors (Lipinski definition) is 7. The molecule has 36 heavy (non-hydrogen) atoms. The molecule has 1 saturated heterocycles. The van der Waals surface area contributed by atoms with Gasteiger partial charge in [0, 0.05) is 23.7 Å². The van der Waals surface area contributed by atoms with Crippen LogP contribution in [0.3, 0.4) is 0 Å². The Morgan fingerprint density at radius 3 is 2.31 bits per heavy atom. The van der Waals surface area contributed by atoms with Gasteiger partial charge in [-0.2, -0.15) is 0 Å². The van der Waals surface area contributed by atoms with Crippen LogP contribution in [0.2, 0.25) is 0 Å². The number of nitrogens with one attached hydrogen (secondary N) is 1. The number of aryl methyl sites for hydroxylation is 2. The lowest BCUT2D eigenvalue weighted by atomic mass is 10.0. The van der Waals surface area contributed by atoms with Crippen LogP contribution in [-0.2, 0) is 4.79 Å². The Balaban J connectivity index is 1.57. The molecule has 1 aliphatic heterocycles. The number of carbonyl (C=O) groups excluding carboxylic acids is 2. The first-order valence-corrected chi connectivity index (χ1v) is 11.7. The van der Waals surface area contributed by atoms with Crippen LogP contribution in [0, 0.1) is 13.8 Å². The Morgan fingerprint density at radius 1 is 1.03 bits per heavy atom. The number of methoxy groups -OCH3 is 2. The van der Waals surface area contributed by atoms with Crippen molar-refractivity contribution < 1.29 is 23.8 Å². The van der Waals surface area contributed by atoms with Gasteiger partial charge in [-0.05, 0) is 51.0 Å². The number of urea groups is 1. The average molecular weight is 495 g/mol. The molecule has 1 N–H and O–H groups in total. The number of carbonyl (C=O) groups is 2. The van der Waals surface area contributed by atoms with E-state index >= 15 is 0 Å². The maximum absolute atomic E-state index is 12.9. The van der Waals surface area contributed by atoms with E-state index in [1.165, 1.54) is 24.0 Å². The highest BCUT2D eigenvalue weighted by Gasteiger charge is 2.36. The number of ether oxygens (including phenoxy) is 3. The third-order valence-corrected chi connectivity index (χ3v) is 6.20. The van der Waals surface area contributed by atoms with Crippen molar-refractivity contribution in [3.05, 3.63) is 45.7 Å². The fourth-order valence-electron chi connectivity index (χ4n) is 4.36. The van der Waals surface area contributed by atoms with Crippen molar-refractivity contribution in [3.8, 4) is 28.6 Å². The Bertz CT molecular complexity index is 1370. The van der Waals surface area contributed by atoms with Crippen molar-refractivity contribution in [3.63, 3.8) is 0 Å². The van der Waals surface area contributed by atoms with Crippen LogP contribution in [-0.4, -0.2) is 71.7 Å². The zero-order chi connectivity index (χ0) is 26.1. The van der Waals surface area contributed by atoms with E-state index in [0.717, 1.165) is 16.7 Å². The van der Waals surface area contributed by atoms with Crippen LogP contribution < -0.4 is 19.8 Å². The van der Waals surface area contributed by atoms with Gasteiger partial charge >= 0.3 is 6.03 Å². The molecule has 1 aliphatic rings. The highest BCUT2D eigenvalue weighted by Crippen LogP contribution is 2.31. The molecular formula is C26H30N4O6. The van der Waals surface area contributed by atoms with E-state index in [1.807, 2.05) is 39.8 Å². The van der Waals surface area contributed by atoms with Crippen molar-refractivity contribution in [2.75, 3.05) is 33.9 Å². The zero-order valence-corrected chi connectivity index (χ0v) is 21.3. The molecule has 1 fully saturated rings. The largest absolute Gasteiger partial charge is 0.497 e. The Morgan fingerprint density at radius 2 is 1.72 bits per heavy atom. The first-order chi connectivity index (χ1) is 17.1. The molecule has 0 saturated carbocycles. The molecule has 4 rings (SSSR count). The summed E-state index contributed by atoms with van der Waals surface area (Å²) >= 11 is 0. The fraction of sp³-hybridized carbons (Fsp3) is 0.385. The first-order valence-electron chi connectivity index (χ1n) is 11.7. The minimum atomic E-state index is -0.319. The van der Waals surface area contributed by atoms with Gasteiger partial charge in [0.2, 0.25) is 5.91 Å². The van der Waals surface area contributed by atoms with Gasteiger partial charge in [0.05, 0.1) is 26.3 Å². The SMILES string of the molecule is COc1cc(OC)c2c(=O)[nH]c(-c3cc(C)c(OCCN4C(=O)CN(C(C)C)C4=O)c(C)c3)nc2c1. The molecule has 0 atom stereocenters. The first kappa shape index (κ1) is 25.0. The van der Waals surface area contributed by atoms with E-state index in [0.29, 0.717) is 34.0 Å². The molecular weight excluding hydrogens is 464 g/mol. The molecule has 1 aromatic heterocycles. The maximum atomic E-state index is 12.9. The highest BCUT2D eigenvalue weighted by atomic mass is 16.5. The second kappa shape index (κ2) is 9.88. The minimum absolute atomic E-state index is 0.0401. The van der Waals surface area contributed by atoms with Gasteiger partial charge in [0.25, 0.3) is 5.56 Å². The van der Waals surface area contributed by atoms with E-state index in [1.54, 1.807) is 12.1 Å². The van der Waals surface area contributed by atoms with Gasteiger partial charge in [0.15, 0.2) is 0 Å². The predicted octanol–water partition coefficient (Wildman–Crippen LogP) is 3.28. The molecule has 0 bridgehead atoms. The van der Waals surface area contributed by atoms with E-state index in [2.05, 4.69) is 9.97 Å². The predicted molar refractivity (Wildman–Crippen MR) is 135 cm³/mol. The average Bonchev–Trinajstić information content (AvgIpc) is 3.13. The number of fused-ring (bicyclic) bond motifs is 1. The number of hydrogen-bond donors (Lipinski definition) is 1. The number of imide groups is 1. The number of H-pyrrole nitrogens is 1. The van der Waals surface area contributed by atoms with E-state index in [-0.39, 0.29) is 43.2 Å². The van der Waals surface area contributed by atoms with Crippen molar-refractivity contribution in [2.45, 2.75) is 33.7 Å². The van der Waals surface area contributed by atoms with E-state index < -0.39 is 0 Å². The summed E-state index contributed by atoms with van der Waals surface area (Å²) in [6, 6.07) is 6.74. The topological polar surface area (TPSA) is 114 Å². The van der Waals surface area contributed by atoms with E-state index in [4.69, 9.17) is 14.2 Å². The van der Waals surface area contributed by atoms with Crippen LogP contribution in [0.4, 0.5) is 4.79 Å². The van der Waals surface area contributed by atoms with Crippen LogP contribution in [0.25, 0.3) is 22.3 Å². The molecule has 10 heteroatoms. The summed E-state index contributed by atoms with van der Waals surface area (Å²) in [7, 11) is 3.03. The van der Waals surface area contributed by atoms with Crippen LogP contribution >= 0.6 is 0 Å². The summed E-state index contributed by atoms with van der Waals surface area (Å²) < 4.78 is 16.6. The highest BCUT2D eigenvalue weighted by molar-refractivity contribution is 6.02. The van der Waals surface area contributed by atoms with Gasteiger partial charge in [-0.3, -0.25) is 14.5 Å². The zero-order valence-electron chi connectivity index (χ0n) is 21.3. The molecule has 2 aromatic carbocycles. The van der Waals surface area contributed by atoms with Crippen LogP contribution in [0.15, 0.2) is 29.1 Å². The van der Waals surface area contributed by atoms with Crippen molar-refractivity contribution in [1.82, 2.24) is 19.8 Å². The third-order valence-electron chi connectivity index (χ3n) is 6.20. The van der Waals surface area contributed by atoms with Gasteiger partial charge in [0.1, 0.15) is 41.6 Å². The van der Waals surface area contributed by atoms with Crippen molar-refractivity contribution >= 4 is 22.8 Å². The van der Waals surface area contributed by atoms with Crippen molar-refractivity contribution in [1.29, 1.82) is 0 Å². The summed E-state index contributed by atoms with van der Waals surface area (Å²) in [4.78, 5) is 47.8. The van der Waals surface area contributed by atoms with Gasteiger partial charge in [-0.25, -0.2) is 9.78 Å². The summed E-state index contributed by atoms with van der Waals surface area (Å²) in [6.45, 7) is 7.99. The Labute approximate surface area is 208 Å². The molecule has 2 heterocycles. The summed E-state index contributed by atoms with van der Waals surface area (Å²) in [5.41, 5.74) is 2.52. The summed E-state index contributed by atoms with van der Waals surface area (Å²) in [6.07, 6.45) is 0. The minimum Gasteiger partial charge on any atom is -0.497 e. The number of amides is 3. The second-order valence-electron chi connectivity index (χ2n) is 8.98. The standard InChI is InChI=1S/C26H30N4O6/c1-14(2)30-13-21(31)29(26(30)33)7-8-36-23-15(3)9-17(10-16(23)4)24-27-19-11-18(34-5)12-20(35-6)22(19)25(32)28-24/h9-12,14H,7-8,13H2,1-6H3,(H,27,28,32). The molecule has 0 aliphatic carbocycles. The van der Waals surface area contributed by atoms with Crippen molar-refractivity contribution in [2.24, 2.45) is 0 Å². The van der Waals surface area contributed by atoms with Gasteiger partial charge in [-0.15, -0.1) is 0 Å². The molecule has 10 nitrogen and oxygen atoms in total. The summed E-state index contributed by atoms with van der Waals surface area (Å²) in [5, 5.41) is 0.345. The maximum Gasteiger partial charge on any atom is 0.327 e. The second-order valence-corrected chi connectivity index (χ2v) is 8.98. The number of benzene rings is 2. The normalized spacial score (nSPS) is 13.8. The van der Waals surface area contributed by atoms with Crippen LogP contribution in [0.5, 0.6) is 17.2 Å². The Kier molecular flexibility index (Phi) is 6.87. The molecule has 190 valence electrons. The smallest absolute Gasteiger partial charge is 0.327 e. The van der Waals surface area contributed by atoms with E-state index in [9.17, 15) is 14.4 Å². The quantitative estimate of drug-likeness (QED) is 0.478. The summed E-state index contributed by atoms with van der Waals surface area (Å²) in [5.74, 6) is 1.76. The Hall–Kier alpha value is -4.08. The third kappa shape index (κ3) is 4.58. The molecule has 0 unspecified atom stereocenters. The number of aromatic amines is 1. The monoisotopic (exact) mass is 494 g/mol. The lowest BCUT2D eigenvalue weighted by Gasteiger charge is -2.20. The lowest BCUT2D eigenvalue weighted by molar-refractivity contribution is -0.125. The molecule has 0 radical (unpaired) electrons. The molecule has 3 amide bonds. The molecule has 0 spiro atoms. The fourth-order valence-corrected chi connectivity index (χ4v) is 4.36. The van der Waals surface area contributed by atoms with Gasteiger partial charge in [-0.1, -0.05) is 0 Å². The number of rotatable bonds is 8. The van der Waals surface area contributed by atoms with Gasteiger partial charge < -0.3 is 24.1 Å². The number of aromatic nitrogens is 2. The number of nitrogens with zero attached hydrogens (tertiary/aromatic N) is 3.